The number of hydrogen-bond acceptors (Lipinski definition) is 2. The summed E-state index contributed by atoms with van der Waals surface area (Å²) in [6.07, 6.45) is 0.530. The summed E-state index contributed by atoms with van der Waals surface area (Å²) in [5.74, 6) is 0.703. The summed E-state index contributed by atoms with van der Waals surface area (Å²) in [6.45, 7) is 0. The van der Waals surface area contributed by atoms with Crippen LogP contribution in [0.3, 0.4) is 0 Å². The fourth-order valence-corrected chi connectivity index (χ4v) is 4.85. The lowest BCUT2D eigenvalue weighted by atomic mass is 9.69. The van der Waals surface area contributed by atoms with Gasteiger partial charge in [-0.3, -0.25) is 4.79 Å². The number of nitrogens with one attached hydrogen (secondary N) is 1. The highest BCUT2D eigenvalue weighted by molar-refractivity contribution is 6.08. The zero-order chi connectivity index (χ0) is 24.1. The van der Waals surface area contributed by atoms with Crippen LogP contribution in [-0.2, 0) is 16.6 Å². The van der Waals surface area contributed by atoms with Gasteiger partial charge in [-0.15, -0.1) is 0 Å². The zero-order valence-corrected chi connectivity index (χ0v) is 19.6. The molecule has 0 radical (unpaired) electrons. The van der Waals surface area contributed by atoms with Gasteiger partial charge in [0.05, 0.1) is 7.11 Å². The number of amides is 1. The Morgan fingerprint density at radius 1 is 0.657 bits per heavy atom. The molecule has 1 amide bonds. The van der Waals surface area contributed by atoms with E-state index in [1.54, 1.807) is 7.11 Å². The standard InChI is InChI=1S/C32H27NO2/c1-35-30-22-21-29(27-19-11-12-20-28(27)30)33-31(34)32(25-15-7-3-8-16-25,26-17-9-4-10-18-26)23-24-13-5-2-6-14-24/h2-22H,23H2,1H3,(H,33,34). The smallest absolute Gasteiger partial charge is 0.239 e. The summed E-state index contributed by atoms with van der Waals surface area (Å²) in [5, 5.41) is 5.20. The molecule has 0 aliphatic heterocycles. The Kier molecular flexibility index (Phi) is 6.32. The Morgan fingerprint density at radius 3 is 1.74 bits per heavy atom. The average molecular weight is 458 g/mol. The third-order valence-electron chi connectivity index (χ3n) is 6.59. The number of benzene rings is 5. The summed E-state index contributed by atoms with van der Waals surface area (Å²) >= 11 is 0. The lowest BCUT2D eigenvalue weighted by Gasteiger charge is -2.34. The number of carbonyl (C=O) groups is 1. The Morgan fingerprint density at radius 2 is 1.17 bits per heavy atom. The van der Waals surface area contributed by atoms with Gasteiger partial charge in [0.25, 0.3) is 0 Å². The Balaban J connectivity index is 1.69. The highest BCUT2D eigenvalue weighted by atomic mass is 16.5. The molecule has 0 heterocycles. The van der Waals surface area contributed by atoms with Crippen LogP contribution in [0.25, 0.3) is 10.8 Å². The van der Waals surface area contributed by atoms with Crippen LogP contribution in [0.2, 0.25) is 0 Å². The molecule has 0 aliphatic rings. The van der Waals surface area contributed by atoms with Crippen molar-refractivity contribution in [3.05, 3.63) is 144 Å². The fraction of sp³-hybridized carbons (Fsp3) is 0.0938. The van der Waals surface area contributed by atoms with Gasteiger partial charge < -0.3 is 10.1 Å². The van der Waals surface area contributed by atoms with Crippen LogP contribution >= 0.6 is 0 Å². The number of rotatable bonds is 7. The van der Waals surface area contributed by atoms with Gasteiger partial charge in [0, 0.05) is 16.5 Å². The van der Waals surface area contributed by atoms with Gasteiger partial charge in [0.2, 0.25) is 5.91 Å². The SMILES string of the molecule is COc1ccc(NC(=O)C(Cc2ccccc2)(c2ccccc2)c2ccccc2)c2ccccc12. The predicted molar refractivity (Wildman–Crippen MR) is 143 cm³/mol. The van der Waals surface area contributed by atoms with Crippen LogP contribution in [-0.4, -0.2) is 13.0 Å². The molecule has 0 fully saturated rings. The second-order valence-corrected chi connectivity index (χ2v) is 8.61. The van der Waals surface area contributed by atoms with Crippen LogP contribution in [0.4, 0.5) is 5.69 Å². The molecule has 0 aromatic heterocycles. The van der Waals surface area contributed by atoms with E-state index < -0.39 is 5.41 Å². The summed E-state index contributed by atoms with van der Waals surface area (Å²) in [4.78, 5) is 14.5. The first-order valence-corrected chi connectivity index (χ1v) is 11.7. The van der Waals surface area contributed by atoms with Crippen molar-refractivity contribution in [2.75, 3.05) is 12.4 Å². The molecule has 5 aromatic carbocycles. The fourth-order valence-electron chi connectivity index (χ4n) is 4.85. The molecule has 0 atom stereocenters. The van der Waals surface area contributed by atoms with E-state index in [0.29, 0.717) is 6.42 Å². The van der Waals surface area contributed by atoms with E-state index in [2.05, 4.69) is 17.4 Å². The third kappa shape index (κ3) is 4.29. The molecule has 0 saturated heterocycles. The molecule has 1 N–H and O–H groups in total. The largest absolute Gasteiger partial charge is 0.496 e. The maximum atomic E-state index is 14.5. The monoisotopic (exact) mass is 457 g/mol. The third-order valence-corrected chi connectivity index (χ3v) is 6.59. The number of carbonyl (C=O) groups excluding carboxylic acids is 1. The first kappa shape index (κ1) is 22.4. The van der Waals surface area contributed by atoms with Crippen LogP contribution in [0.15, 0.2) is 127 Å². The van der Waals surface area contributed by atoms with Crippen LogP contribution < -0.4 is 10.1 Å². The van der Waals surface area contributed by atoms with Crippen molar-refractivity contribution < 1.29 is 9.53 Å². The number of methoxy groups -OCH3 is 1. The quantitative estimate of drug-likeness (QED) is 0.285. The number of fused-ring (bicyclic) bond motifs is 1. The summed E-state index contributed by atoms with van der Waals surface area (Å²) in [5.41, 5.74) is 2.83. The first-order valence-electron chi connectivity index (χ1n) is 11.7. The zero-order valence-electron chi connectivity index (χ0n) is 19.6. The number of ether oxygens (including phenoxy) is 1. The molecule has 3 heteroatoms. The minimum Gasteiger partial charge on any atom is -0.496 e. The van der Waals surface area contributed by atoms with Crippen LogP contribution in [0, 0.1) is 0 Å². The first-order chi connectivity index (χ1) is 17.2. The van der Waals surface area contributed by atoms with E-state index in [-0.39, 0.29) is 5.91 Å². The maximum absolute atomic E-state index is 14.5. The lowest BCUT2D eigenvalue weighted by molar-refractivity contribution is -0.120. The predicted octanol–water partition coefficient (Wildman–Crippen LogP) is 7.02. The molecular formula is C32H27NO2. The Labute approximate surface area is 206 Å². The highest BCUT2D eigenvalue weighted by Crippen LogP contribution is 2.39. The normalized spacial score (nSPS) is 11.2. The van der Waals surface area contributed by atoms with Crippen molar-refractivity contribution in [2.24, 2.45) is 0 Å². The van der Waals surface area contributed by atoms with E-state index in [9.17, 15) is 4.79 Å². The Bertz CT molecular complexity index is 1390. The molecule has 5 rings (SSSR count). The molecule has 0 saturated carbocycles. The molecule has 35 heavy (non-hydrogen) atoms. The van der Waals surface area contributed by atoms with Gasteiger partial charge in [0.1, 0.15) is 11.2 Å². The molecule has 0 unspecified atom stereocenters. The molecule has 0 spiro atoms. The molecule has 5 aromatic rings. The van der Waals surface area contributed by atoms with Crippen molar-refractivity contribution in [2.45, 2.75) is 11.8 Å². The van der Waals surface area contributed by atoms with Gasteiger partial charge in [-0.25, -0.2) is 0 Å². The van der Waals surface area contributed by atoms with Gasteiger partial charge in [0.15, 0.2) is 0 Å². The van der Waals surface area contributed by atoms with Crippen LogP contribution in [0.1, 0.15) is 16.7 Å². The van der Waals surface area contributed by atoms with E-state index in [1.165, 1.54) is 0 Å². The Hall–Kier alpha value is -4.37. The van der Waals surface area contributed by atoms with Crippen molar-refractivity contribution >= 4 is 22.4 Å². The van der Waals surface area contributed by atoms with Crippen molar-refractivity contribution in [3.8, 4) is 5.75 Å². The maximum Gasteiger partial charge on any atom is 0.239 e. The van der Waals surface area contributed by atoms with Gasteiger partial charge >= 0.3 is 0 Å². The van der Waals surface area contributed by atoms with E-state index in [1.807, 2.05) is 115 Å². The molecule has 172 valence electrons. The van der Waals surface area contributed by atoms with Gasteiger partial charge in [-0.2, -0.15) is 0 Å². The number of anilines is 1. The van der Waals surface area contributed by atoms with E-state index in [0.717, 1.165) is 38.9 Å². The van der Waals surface area contributed by atoms with E-state index in [4.69, 9.17) is 4.74 Å². The second-order valence-electron chi connectivity index (χ2n) is 8.61. The second kappa shape index (κ2) is 9.86. The van der Waals surface area contributed by atoms with Crippen molar-refractivity contribution in [3.63, 3.8) is 0 Å². The molecular weight excluding hydrogens is 430 g/mol. The van der Waals surface area contributed by atoms with Gasteiger partial charge in [-0.1, -0.05) is 115 Å². The minimum atomic E-state index is -0.926. The van der Waals surface area contributed by atoms with Crippen LogP contribution in [0.5, 0.6) is 5.75 Å². The summed E-state index contributed by atoms with van der Waals surface area (Å²) in [6, 6.07) is 42.1. The molecule has 0 aliphatic carbocycles. The summed E-state index contributed by atoms with van der Waals surface area (Å²) < 4.78 is 5.56. The van der Waals surface area contributed by atoms with Crippen molar-refractivity contribution in [1.29, 1.82) is 0 Å². The van der Waals surface area contributed by atoms with Crippen molar-refractivity contribution in [1.82, 2.24) is 0 Å². The number of hydrogen-bond donors (Lipinski definition) is 1. The lowest BCUT2D eigenvalue weighted by Crippen LogP contribution is -2.43. The minimum absolute atomic E-state index is 0.0749. The highest BCUT2D eigenvalue weighted by Gasteiger charge is 2.42. The molecule has 0 bridgehead atoms. The summed E-state index contributed by atoms with van der Waals surface area (Å²) in [7, 11) is 1.66. The topological polar surface area (TPSA) is 38.3 Å². The molecule has 3 nitrogen and oxygen atoms in total. The van der Waals surface area contributed by atoms with Gasteiger partial charge in [-0.05, 0) is 35.2 Å². The average Bonchev–Trinajstić information content (AvgIpc) is 2.93. The van der Waals surface area contributed by atoms with E-state index >= 15 is 0 Å².